The van der Waals surface area contributed by atoms with Gasteiger partial charge in [-0.25, -0.2) is 0 Å². The number of fused-ring (bicyclic) bond motifs is 2. The number of hydrogen-bond acceptors (Lipinski definition) is 5. The molecule has 0 fully saturated rings. The average Bonchev–Trinajstić information content (AvgIpc) is 3.46. The number of rotatable bonds is 14. The fourth-order valence-electron chi connectivity index (χ4n) is 9.83. The molecular formula is C68H50N4S. The molecule has 5 heteroatoms. The number of nitrogens with zero attached hydrogens (tertiary/aromatic N) is 4. The Morgan fingerprint density at radius 1 is 0.178 bits per heavy atom. The highest BCUT2D eigenvalue weighted by molar-refractivity contribution is 7.99. The lowest BCUT2D eigenvalue weighted by atomic mass is 10.1. The van der Waals surface area contributed by atoms with Crippen LogP contribution in [0.4, 0.5) is 68.2 Å². The van der Waals surface area contributed by atoms with E-state index < -0.39 is 0 Å². The number of benzene rings is 12. The standard InChI is InChI=1S/C68H50N4S/c1-5-23-53(24-6-1)69(54-25-7-2-8-26-54)57-35-39-59(40-36-57)71(67-33-17-21-51-19-13-15-31-65(51)67)61-43-47-63(48-44-61)73-64-49-45-62(46-50-64)72(68-34-18-22-52-20-14-16-32-66(52)68)60-41-37-58(38-42-60)70(55-27-9-3-10-28-55)56-29-11-4-12-30-56/h1-50H. The highest BCUT2D eigenvalue weighted by atomic mass is 32.2. The quantitative estimate of drug-likeness (QED) is 0.107. The molecule has 0 bridgehead atoms. The molecule has 0 aliphatic rings. The van der Waals surface area contributed by atoms with Crippen molar-refractivity contribution in [3.8, 4) is 0 Å². The molecule has 0 atom stereocenters. The second kappa shape index (κ2) is 20.6. The zero-order valence-electron chi connectivity index (χ0n) is 40.1. The summed E-state index contributed by atoms with van der Waals surface area (Å²) in [7, 11) is 0. The average molecular weight is 955 g/mol. The molecule has 0 heterocycles. The van der Waals surface area contributed by atoms with Gasteiger partial charge in [-0.15, -0.1) is 0 Å². The molecule has 0 aromatic heterocycles. The lowest BCUT2D eigenvalue weighted by molar-refractivity contribution is 1.25. The molecule has 0 amide bonds. The molecule has 0 saturated heterocycles. The third kappa shape index (κ3) is 9.41. The summed E-state index contributed by atoms with van der Waals surface area (Å²) >= 11 is 1.77. The lowest BCUT2D eigenvalue weighted by Crippen LogP contribution is -2.12. The summed E-state index contributed by atoms with van der Waals surface area (Å²) in [4.78, 5) is 11.7. The Hall–Kier alpha value is -9.29. The first-order valence-corrected chi connectivity index (χ1v) is 25.5. The Kier molecular flexibility index (Phi) is 12.7. The van der Waals surface area contributed by atoms with E-state index in [0.717, 1.165) is 78.0 Å². The summed E-state index contributed by atoms with van der Waals surface area (Å²) in [6, 6.07) is 108. The normalized spacial score (nSPS) is 11.1. The first-order chi connectivity index (χ1) is 36.2. The van der Waals surface area contributed by atoms with Gasteiger partial charge >= 0.3 is 0 Å². The molecule has 4 nitrogen and oxygen atoms in total. The molecule has 0 radical (unpaired) electrons. The van der Waals surface area contributed by atoms with E-state index in [1.807, 2.05) is 0 Å². The summed E-state index contributed by atoms with van der Waals surface area (Å²) in [6.45, 7) is 0. The summed E-state index contributed by atoms with van der Waals surface area (Å²) in [6.07, 6.45) is 0. The van der Waals surface area contributed by atoms with Gasteiger partial charge in [-0.2, -0.15) is 0 Å². The van der Waals surface area contributed by atoms with Crippen LogP contribution in [0.25, 0.3) is 21.5 Å². The van der Waals surface area contributed by atoms with E-state index in [4.69, 9.17) is 0 Å². The van der Waals surface area contributed by atoms with Gasteiger partial charge in [-0.1, -0.05) is 157 Å². The summed E-state index contributed by atoms with van der Waals surface area (Å²) in [5.41, 5.74) is 13.2. The minimum absolute atomic E-state index is 1.08. The number of hydrogen-bond donors (Lipinski definition) is 0. The predicted molar refractivity (Wildman–Crippen MR) is 311 cm³/mol. The molecule has 0 saturated carbocycles. The minimum atomic E-state index is 1.08. The van der Waals surface area contributed by atoms with Crippen molar-refractivity contribution in [3.05, 3.63) is 303 Å². The van der Waals surface area contributed by atoms with Crippen molar-refractivity contribution in [2.45, 2.75) is 9.79 Å². The van der Waals surface area contributed by atoms with Crippen molar-refractivity contribution in [2.75, 3.05) is 19.6 Å². The number of anilines is 12. The van der Waals surface area contributed by atoms with Crippen molar-refractivity contribution >= 4 is 102 Å². The van der Waals surface area contributed by atoms with Crippen LogP contribution in [0.3, 0.4) is 0 Å². The van der Waals surface area contributed by atoms with E-state index in [0.29, 0.717) is 0 Å². The molecule has 0 unspecified atom stereocenters. The van der Waals surface area contributed by atoms with E-state index in [-0.39, 0.29) is 0 Å². The molecule has 0 aliphatic carbocycles. The van der Waals surface area contributed by atoms with E-state index in [1.54, 1.807) is 11.8 Å². The Morgan fingerprint density at radius 2 is 0.411 bits per heavy atom. The van der Waals surface area contributed by atoms with Gasteiger partial charge in [0.1, 0.15) is 0 Å². The third-order valence-corrected chi connectivity index (χ3v) is 14.2. The van der Waals surface area contributed by atoms with E-state index in [2.05, 4.69) is 323 Å². The maximum absolute atomic E-state index is 2.37. The molecule has 348 valence electrons. The van der Waals surface area contributed by atoms with Gasteiger partial charge in [-0.3, -0.25) is 0 Å². The van der Waals surface area contributed by atoms with E-state index in [9.17, 15) is 0 Å². The Labute approximate surface area is 431 Å². The molecule has 12 aromatic carbocycles. The van der Waals surface area contributed by atoms with Gasteiger partial charge in [0.15, 0.2) is 0 Å². The monoisotopic (exact) mass is 954 g/mol. The van der Waals surface area contributed by atoms with Crippen molar-refractivity contribution in [3.63, 3.8) is 0 Å². The maximum Gasteiger partial charge on any atom is 0.0540 e. The van der Waals surface area contributed by atoms with Crippen molar-refractivity contribution < 1.29 is 0 Å². The van der Waals surface area contributed by atoms with Gasteiger partial charge in [0.2, 0.25) is 0 Å². The largest absolute Gasteiger partial charge is 0.311 e. The van der Waals surface area contributed by atoms with Gasteiger partial charge in [-0.05, 0) is 168 Å². The van der Waals surface area contributed by atoms with E-state index in [1.165, 1.54) is 21.5 Å². The van der Waals surface area contributed by atoms with Gasteiger partial charge < -0.3 is 19.6 Å². The number of para-hydroxylation sites is 4. The minimum Gasteiger partial charge on any atom is -0.311 e. The highest BCUT2D eigenvalue weighted by Gasteiger charge is 2.20. The molecule has 73 heavy (non-hydrogen) atoms. The summed E-state index contributed by atoms with van der Waals surface area (Å²) in [5, 5.41) is 4.78. The highest BCUT2D eigenvalue weighted by Crippen LogP contribution is 2.45. The van der Waals surface area contributed by atoms with Gasteiger partial charge in [0, 0.05) is 77.4 Å². The van der Waals surface area contributed by atoms with Crippen LogP contribution >= 0.6 is 11.8 Å². The topological polar surface area (TPSA) is 13.0 Å². The Balaban J connectivity index is 0.854. The van der Waals surface area contributed by atoms with E-state index >= 15 is 0 Å². The molecular weight excluding hydrogens is 905 g/mol. The first-order valence-electron chi connectivity index (χ1n) is 24.7. The van der Waals surface area contributed by atoms with Crippen LogP contribution in [0.2, 0.25) is 0 Å². The van der Waals surface area contributed by atoms with Crippen LogP contribution in [-0.2, 0) is 0 Å². The Morgan fingerprint density at radius 3 is 0.726 bits per heavy atom. The van der Waals surface area contributed by atoms with Gasteiger partial charge in [0.25, 0.3) is 0 Å². The molecule has 0 spiro atoms. The van der Waals surface area contributed by atoms with Crippen LogP contribution in [0.5, 0.6) is 0 Å². The van der Waals surface area contributed by atoms with Crippen LogP contribution in [-0.4, -0.2) is 0 Å². The molecule has 0 N–H and O–H groups in total. The molecule has 12 rings (SSSR count). The molecule has 0 aliphatic heterocycles. The van der Waals surface area contributed by atoms with Crippen molar-refractivity contribution in [1.82, 2.24) is 0 Å². The first kappa shape index (κ1) is 44.9. The van der Waals surface area contributed by atoms with Crippen LogP contribution in [0, 0.1) is 0 Å². The van der Waals surface area contributed by atoms with Crippen LogP contribution < -0.4 is 19.6 Å². The zero-order valence-corrected chi connectivity index (χ0v) is 40.9. The smallest absolute Gasteiger partial charge is 0.0540 e. The predicted octanol–water partition coefficient (Wildman–Crippen LogP) is 20.0. The fourth-order valence-corrected chi connectivity index (χ4v) is 10.6. The SMILES string of the molecule is c1ccc(N(c2ccccc2)c2ccc(N(c3ccc(Sc4ccc(N(c5ccc(N(c6ccccc6)c6ccccc6)cc5)c5cccc6ccccc56)cc4)cc3)c3cccc4ccccc34)cc2)cc1. The van der Waals surface area contributed by atoms with Crippen LogP contribution in [0.1, 0.15) is 0 Å². The second-order valence-electron chi connectivity index (χ2n) is 17.8. The fraction of sp³-hybridized carbons (Fsp3) is 0. The van der Waals surface area contributed by atoms with Gasteiger partial charge in [0.05, 0.1) is 11.4 Å². The molecule has 12 aromatic rings. The lowest BCUT2D eigenvalue weighted by Gasteiger charge is -2.29. The second-order valence-corrected chi connectivity index (χ2v) is 18.9. The van der Waals surface area contributed by atoms with Crippen molar-refractivity contribution in [1.29, 1.82) is 0 Å². The summed E-state index contributed by atoms with van der Waals surface area (Å²) < 4.78 is 0. The zero-order chi connectivity index (χ0) is 48.8. The Bertz CT molecular complexity index is 3400. The maximum atomic E-state index is 2.37. The van der Waals surface area contributed by atoms with Crippen molar-refractivity contribution in [2.24, 2.45) is 0 Å². The third-order valence-electron chi connectivity index (χ3n) is 13.2. The summed E-state index contributed by atoms with van der Waals surface area (Å²) in [5.74, 6) is 0. The van der Waals surface area contributed by atoms with Crippen LogP contribution in [0.15, 0.2) is 313 Å².